The van der Waals surface area contributed by atoms with Gasteiger partial charge in [-0.1, -0.05) is 6.07 Å². The molecule has 11 heteroatoms. The van der Waals surface area contributed by atoms with Crippen molar-refractivity contribution in [2.75, 3.05) is 12.4 Å². The third-order valence-electron chi connectivity index (χ3n) is 4.60. The molecule has 0 spiro atoms. The first-order chi connectivity index (χ1) is 15.2. The highest BCUT2D eigenvalue weighted by Crippen LogP contribution is 2.32. The largest absolute Gasteiger partial charge is 0.481 e. The average molecular weight is 445 g/mol. The van der Waals surface area contributed by atoms with Crippen molar-refractivity contribution in [3.8, 4) is 5.88 Å². The Kier molecular flexibility index (Phi) is 5.47. The van der Waals surface area contributed by atoms with E-state index in [9.17, 15) is 22.4 Å². The second kappa shape index (κ2) is 8.25. The van der Waals surface area contributed by atoms with E-state index in [4.69, 9.17) is 4.74 Å². The fourth-order valence-electron chi connectivity index (χ4n) is 3.07. The van der Waals surface area contributed by atoms with Gasteiger partial charge in [-0.3, -0.25) is 4.79 Å². The molecular weight excluding hydrogens is 430 g/mol. The highest BCUT2D eigenvalue weighted by Gasteiger charge is 2.34. The van der Waals surface area contributed by atoms with Crippen molar-refractivity contribution in [2.45, 2.75) is 12.6 Å². The maximum absolute atomic E-state index is 13.5. The number of nitrogens with zero attached hydrogens (tertiary/aromatic N) is 4. The topological polar surface area (TPSA) is 81.4 Å². The first-order valence-electron chi connectivity index (χ1n) is 9.24. The molecule has 1 amide bonds. The second-order valence-electron chi connectivity index (χ2n) is 6.82. The summed E-state index contributed by atoms with van der Waals surface area (Å²) in [6, 6.07) is 6.05. The average Bonchev–Trinajstić information content (AvgIpc) is 3.18. The van der Waals surface area contributed by atoms with Gasteiger partial charge in [-0.2, -0.15) is 18.3 Å². The number of hydrogen-bond acceptors (Lipinski definition) is 5. The molecule has 0 aliphatic rings. The van der Waals surface area contributed by atoms with Crippen LogP contribution in [-0.2, 0) is 12.6 Å². The van der Waals surface area contributed by atoms with Crippen LogP contribution in [0.2, 0.25) is 0 Å². The van der Waals surface area contributed by atoms with Crippen molar-refractivity contribution >= 4 is 17.2 Å². The van der Waals surface area contributed by atoms with Crippen LogP contribution < -0.4 is 10.1 Å². The maximum atomic E-state index is 13.5. The number of fused-ring (bicyclic) bond motifs is 1. The number of carbonyl (C=O) groups excluding carboxylic acids is 1. The van der Waals surface area contributed by atoms with E-state index in [-0.39, 0.29) is 23.2 Å². The summed E-state index contributed by atoms with van der Waals surface area (Å²) in [6.45, 7) is 0. The maximum Gasteiger partial charge on any atom is 0.419 e. The molecule has 164 valence electrons. The number of ether oxygens (including phenoxy) is 1. The molecule has 3 heterocycles. The molecule has 0 atom stereocenters. The molecule has 0 saturated heterocycles. The predicted octanol–water partition coefficient (Wildman–Crippen LogP) is 4.13. The summed E-state index contributed by atoms with van der Waals surface area (Å²) in [4.78, 5) is 20.8. The lowest BCUT2D eigenvalue weighted by Gasteiger charge is -2.10. The molecule has 7 nitrogen and oxygen atoms in total. The first-order valence-corrected chi connectivity index (χ1v) is 9.24. The smallest absolute Gasteiger partial charge is 0.419 e. The number of hydrogen-bond donors (Lipinski definition) is 1. The van der Waals surface area contributed by atoms with E-state index in [1.807, 2.05) is 0 Å². The summed E-state index contributed by atoms with van der Waals surface area (Å²) in [5, 5.41) is 6.78. The fraction of sp³-hybridized carbons (Fsp3) is 0.143. The zero-order valence-corrected chi connectivity index (χ0v) is 16.5. The Morgan fingerprint density at radius 2 is 1.91 bits per heavy atom. The number of alkyl halides is 3. The lowest BCUT2D eigenvalue weighted by Crippen LogP contribution is -2.12. The van der Waals surface area contributed by atoms with Gasteiger partial charge in [-0.15, -0.1) is 0 Å². The number of aromatic nitrogens is 4. The van der Waals surface area contributed by atoms with Crippen molar-refractivity contribution in [2.24, 2.45) is 0 Å². The fourth-order valence-corrected chi connectivity index (χ4v) is 3.07. The minimum atomic E-state index is -4.79. The van der Waals surface area contributed by atoms with Crippen LogP contribution in [0.25, 0.3) is 5.65 Å². The second-order valence-corrected chi connectivity index (χ2v) is 6.82. The molecule has 32 heavy (non-hydrogen) atoms. The number of halogens is 4. The molecule has 0 saturated carbocycles. The summed E-state index contributed by atoms with van der Waals surface area (Å²) in [5.74, 6) is -1.39. The van der Waals surface area contributed by atoms with E-state index in [1.165, 1.54) is 36.3 Å². The van der Waals surface area contributed by atoms with Crippen LogP contribution in [0.5, 0.6) is 5.88 Å². The normalized spacial score (nSPS) is 11.5. The molecule has 0 aliphatic carbocycles. The van der Waals surface area contributed by atoms with Crippen LogP contribution in [0.3, 0.4) is 0 Å². The Labute approximate surface area is 178 Å². The molecule has 0 radical (unpaired) electrons. The van der Waals surface area contributed by atoms with Crippen molar-refractivity contribution in [1.29, 1.82) is 0 Å². The van der Waals surface area contributed by atoms with Gasteiger partial charge in [0.15, 0.2) is 5.65 Å². The molecule has 0 unspecified atom stereocenters. The summed E-state index contributed by atoms with van der Waals surface area (Å²) >= 11 is 0. The summed E-state index contributed by atoms with van der Waals surface area (Å²) < 4.78 is 58.6. The molecule has 0 aliphatic heterocycles. The number of benzene rings is 1. The van der Waals surface area contributed by atoms with Gasteiger partial charge in [-0.05, 0) is 29.3 Å². The lowest BCUT2D eigenvalue weighted by molar-refractivity contribution is -0.140. The van der Waals surface area contributed by atoms with Crippen LogP contribution in [-0.4, -0.2) is 32.6 Å². The molecule has 0 bridgehead atoms. The number of methoxy groups -OCH3 is 1. The number of carbonyl (C=O) groups is 1. The summed E-state index contributed by atoms with van der Waals surface area (Å²) in [7, 11) is 1.48. The van der Waals surface area contributed by atoms with Gasteiger partial charge in [0.05, 0.1) is 30.8 Å². The van der Waals surface area contributed by atoms with E-state index in [1.54, 1.807) is 18.3 Å². The Morgan fingerprint density at radius 3 is 2.59 bits per heavy atom. The third kappa shape index (κ3) is 4.36. The third-order valence-corrected chi connectivity index (χ3v) is 4.60. The van der Waals surface area contributed by atoms with Crippen LogP contribution >= 0.6 is 0 Å². The van der Waals surface area contributed by atoms with E-state index in [0.29, 0.717) is 17.1 Å². The van der Waals surface area contributed by atoms with Gasteiger partial charge in [0, 0.05) is 24.9 Å². The molecule has 1 aromatic carbocycles. The van der Waals surface area contributed by atoms with Crippen LogP contribution in [0.1, 0.15) is 27.0 Å². The van der Waals surface area contributed by atoms with Gasteiger partial charge in [0.1, 0.15) is 11.4 Å². The van der Waals surface area contributed by atoms with Crippen molar-refractivity contribution < 1.29 is 27.1 Å². The quantitative estimate of drug-likeness (QED) is 0.467. The Morgan fingerprint density at radius 1 is 1.09 bits per heavy atom. The number of nitrogens with one attached hydrogen (secondary N) is 1. The number of amides is 1. The molecular formula is C21H15F4N5O2. The zero-order chi connectivity index (χ0) is 22.9. The standard InChI is InChI=1S/C21H15F4N5O2/c1-32-18-5-3-14(9-26-18)29-20(31)15-10-28-30-11-13(8-27-19(15)30)6-12-2-4-17(22)16(7-12)21(23,24)25/h2-5,7-11H,6H2,1H3,(H,29,31). The molecule has 0 fully saturated rings. The van der Waals surface area contributed by atoms with E-state index in [2.05, 4.69) is 20.4 Å². The molecule has 3 aromatic heterocycles. The van der Waals surface area contributed by atoms with E-state index in [0.717, 1.165) is 12.1 Å². The van der Waals surface area contributed by atoms with Crippen LogP contribution in [0.4, 0.5) is 23.2 Å². The van der Waals surface area contributed by atoms with Crippen molar-refractivity contribution in [3.05, 3.63) is 83.2 Å². The van der Waals surface area contributed by atoms with Gasteiger partial charge in [-0.25, -0.2) is 18.9 Å². The van der Waals surface area contributed by atoms with Gasteiger partial charge < -0.3 is 10.1 Å². The van der Waals surface area contributed by atoms with Crippen LogP contribution in [0, 0.1) is 5.82 Å². The lowest BCUT2D eigenvalue weighted by atomic mass is 10.0. The van der Waals surface area contributed by atoms with Crippen LogP contribution in [0.15, 0.2) is 55.1 Å². The Hall–Kier alpha value is -4.02. The van der Waals surface area contributed by atoms with E-state index >= 15 is 0 Å². The van der Waals surface area contributed by atoms with Gasteiger partial charge in [0.25, 0.3) is 5.91 Å². The Bertz CT molecular complexity index is 1290. The number of pyridine rings is 1. The molecule has 4 rings (SSSR count). The Balaban J connectivity index is 1.54. The monoisotopic (exact) mass is 445 g/mol. The SMILES string of the molecule is COc1ccc(NC(=O)c2cnn3cc(Cc4ccc(F)c(C(F)(F)F)c4)cnc23)cn1. The highest BCUT2D eigenvalue weighted by molar-refractivity contribution is 6.08. The molecule has 4 aromatic rings. The zero-order valence-electron chi connectivity index (χ0n) is 16.5. The van der Waals surface area contributed by atoms with E-state index < -0.39 is 23.5 Å². The first kappa shape index (κ1) is 21.2. The summed E-state index contributed by atoms with van der Waals surface area (Å²) in [6.07, 6.45) is 1.03. The van der Waals surface area contributed by atoms with Gasteiger partial charge >= 0.3 is 6.18 Å². The molecule has 1 N–H and O–H groups in total. The minimum absolute atomic E-state index is 0.0746. The predicted molar refractivity (Wildman–Crippen MR) is 106 cm³/mol. The van der Waals surface area contributed by atoms with Gasteiger partial charge in [0.2, 0.25) is 5.88 Å². The minimum Gasteiger partial charge on any atom is -0.481 e. The van der Waals surface area contributed by atoms with Crippen molar-refractivity contribution in [3.63, 3.8) is 0 Å². The highest BCUT2D eigenvalue weighted by atomic mass is 19.4. The van der Waals surface area contributed by atoms with Crippen molar-refractivity contribution in [1.82, 2.24) is 19.6 Å². The number of anilines is 1. The number of rotatable bonds is 5. The summed E-state index contributed by atoms with van der Waals surface area (Å²) in [5.41, 5.74) is 0.388.